The van der Waals surface area contributed by atoms with Crippen molar-refractivity contribution in [1.29, 1.82) is 0 Å². The molecule has 0 aliphatic heterocycles. The molecule has 4 N–H and O–H groups in total. The Labute approximate surface area is 194 Å². The average Bonchev–Trinajstić information content (AvgIpc) is 2.77. The van der Waals surface area contributed by atoms with Crippen LogP contribution in [0.5, 0.6) is 0 Å². The van der Waals surface area contributed by atoms with Crippen molar-refractivity contribution in [3.05, 3.63) is 12.2 Å². The summed E-state index contributed by atoms with van der Waals surface area (Å²) in [6, 6.07) is 0. The number of hydrogen-bond donors (Lipinski definition) is 3. The molecule has 0 saturated carbocycles. The molecule has 0 radical (unpaired) electrons. The third kappa shape index (κ3) is 22.4. The molecule has 0 fully saturated rings. The van der Waals surface area contributed by atoms with Gasteiger partial charge in [-0.25, -0.2) is 4.57 Å². The lowest BCUT2D eigenvalue weighted by atomic mass is 10.1. The average molecular weight is 480 g/mol. The summed E-state index contributed by atoms with van der Waals surface area (Å²) < 4.78 is 25.5. The Kier molecular flexibility index (Phi) is 21.5. The zero-order valence-electron chi connectivity index (χ0n) is 19.9. The Morgan fingerprint density at radius 3 is 2.06 bits per heavy atom. The van der Waals surface area contributed by atoms with Crippen LogP contribution < -0.4 is 5.73 Å². The van der Waals surface area contributed by atoms with Gasteiger partial charge < -0.3 is 20.5 Å². The third-order valence-corrected chi connectivity index (χ3v) is 5.87. The number of hydrogen-bond acceptors (Lipinski definition) is 7. The fraction of sp³-hybridized carbons (Fsp3) is 0.870. The second-order valence-corrected chi connectivity index (χ2v) is 9.51. The smallest absolute Gasteiger partial charge is 0.463 e. The first kappa shape index (κ1) is 31.2. The standard InChI is InChI=1S/C23H46NO7P/c1-2-3-4-5-6-7-8-9-10-11-12-13-14-15-16-17-23(26)29-20-22(25)21-31-32(27,28)30-19-18-24/h9-10,22,25H,2-8,11-21,24H2,1H3,(H,27,28)/b10-9+. The number of ether oxygens (including phenoxy) is 1. The summed E-state index contributed by atoms with van der Waals surface area (Å²) in [6.07, 6.45) is 19.2. The molecule has 0 rings (SSSR count). The molecule has 190 valence electrons. The van der Waals surface area contributed by atoms with Crippen LogP contribution >= 0.6 is 7.82 Å². The minimum atomic E-state index is -4.24. The maximum Gasteiger partial charge on any atom is 0.472 e. The van der Waals surface area contributed by atoms with Gasteiger partial charge in [0.15, 0.2) is 0 Å². The molecule has 0 aliphatic carbocycles. The Morgan fingerprint density at radius 1 is 0.906 bits per heavy atom. The van der Waals surface area contributed by atoms with E-state index in [0.29, 0.717) is 6.42 Å². The lowest BCUT2D eigenvalue weighted by Crippen LogP contribution is -2.23. The van der Waals surface area contributed by atoms with Gasteiger partial charge in [-0.1, -0.05) is 70.4 Å². The summed E-state index contributed by atoms with van der Waals surface area (Å²) in [7, 11) is -4.24. The Hall–Kier alpha value is -0.760. The van der Waals surface area contributed by atoms with Crippen molar-refractivity contribution in [2.24, 2.45) is 5.73 Å². The normalized spacial score (nSPS) is 14.5. The van der Waals surface area contributed by atoms with E-state index >= 15 is 0 Å². The number of esters is 1. The van der Waals surface area contributed by atoms with Crippen molar-refractivity contribution >= 4 is 13.8 Å². The summed E-state index contributed by atoms with van der Waals surface area (Å²) in [4.78, 5) is 21.0. The van der Waals surface area contributed by atoms with Crippen LogP contribution in [0.3, 0.4) is 0 Å². The van der Waals surface area contributed by atoms with E-state index in [0.717, 1.165) is 32.1 Å². The first-order valence-electron chi connectivity index (χ1n) is 12.2. The number of nitrogens with two attached hydrogens (primary N) is 1. The van der Waals surface area contributed by atoms with Gasteiger partial charge in [0.2, 0.25) is 0 Å². The fourth-order valence-electron chi connectivity index (χ4n) is 3.04. The summed E-state index contributed by atoms with van der Waals surface area (Å²) in [5.41, 5.74) is 5.17. The lowest BCUT2D eigenvalue weighted by molar-refractivity contribution is -0.147. The first-order valence-corrected chi connectivity index (χ1v) is 13.7. The molecule has 0 aliphatic rings. The Balaban J connectivity index is 3.49. The first-order chi connectivity index (χ1) is 15.4. The van der Waals surface area contributed by atoms with E-state index < -0.39 is 26.5 Å². The van der Waals surface area contributed by atoms with Gasteiger partial charge in [-0.05, 0) is 32.1 Å². The number of allylic oxidation sites excluding steroid dienone is 2. The third-order valence-electron chi connectivity index (χ3n) is 4.88. The molecule has 0 spiro atoms. The van der Waals surface area contributed by atoms with Crippen molar-refractivity contribution in [3.8, 4) is 0 Å². The molecular weight excluding hydrogens is 433 g/mol. The number of phosphoric acid groups is 1. The van der Waals surface area contributed by atoms with Crippen molar-refractivity contribution < 1.29 is 33.1 Å². The van der Waals surface area contributed by atoms with E-state index in [1.54, 1.807) is 0 Å². The SMILES string of the molecule is CCCCCCCC/C=C/CCCCCCCC(=O)OCC(O)COP(=O)(O)OCCN. The van der Waals surface area contributed by atoms with E-state index in [2.05, 4.69) is 28.1 Å². The molecule has 8 nitrogen and oxygen atoms in total. The lowest BCUT2D eigenvalue weighted by Gasteiger charge is -2.15. The van der Waals surface area contributed by atoms with Crippen LogP contribution in [0, 0.1) is 0 Å². The second kappa shape index (κ2) is 22.1. The van der Waals surface area contributed by atoms with Crippen LogP contribution in [0.15, 0.2) is 12.2 Å². The summed E-state index contributed by atoms with van der Waals surface area (Å²) in [6.45, 7) is 1.42. The largest absolute Gasteiger partial charge is 0.472 e. The predicted molar refractivity (Wildman–Crippen MR) is 127 cm³/mol. The van der Waals surface area contributed by atoms with Gasteiger partial charge in [-0.2, -0.15) is 0 Å². The molecule has 0 aromatic rings. The van der Waals surface area contributed by atoms with E-state index in [9.17, 15) is 19.4 Å². The topological polar surface area (TPSA) is 128 Å². The molecule has 2 atom stereocenters. The zero-order valence-corrected chi connectivity index (χ0v) is 20.8. The molecule has 0 aromatic heterocycles. The zero-order chi connectivity index (χ0) is 23.9. The van der Waals surface area contributed by atoms with Crippen molar-refractivity contribution in [3.63, 3.8) is 0 Å². The minimum absolute atomic E-state index is 0.0738. The molecular formula is C23H46NO7P. The molecule has 0 saturated heterocycles. The second-order valence-electron chi connectivity index (χ2n) is 8.06. The molecule has 0 heterocycles. The number of carbonyl (C=O) groups excluding carboxylic acids is 1. The molecule has 2 unspecified atom stereocenters. The number of aliphatic hydroxyl groups excluding tert-OH is 1. The van der Waals surface area contributed by atoms with Crippen LogP contribution in [-0.4, -0.2) is 48.4 Å². The van der Waals surface area contributed by atoms with Gasteiger partial charge in [0, 0.05) is 13.0 Å². The van der Waals surface area contributed by atoms with Crippen LogP contribution in [0.2, 0.25) is 0 Å². The van der Waals surface area contributed by atoms with Crippen LogP contribution in [0.25, 0.3) is 0 Å². The van der Waals surface area contributed by atoms with Crippen LogP contribution in [-0.2, 0) is 23.1 Å². The monoisotopic (exact) mass is 479 g/mol. The highest BCUT2D eigenvalue weighted by Gasteiger charge is 2.22. The Bertz CT molecular complexity index is 517. The highest BCUT2D eigenvalue weighted by Crippen LogP contribution is 2.42. The molecule has 32 heavy (non-hydrogen) atoms. The number of carbonyl (C=O) groups is 1. The fourth-order valence-corrected chi connectivity index (χ4v) is 3.81. The number of unbranched alkanes of at least 4 members (excludes halogenated alkanes) is 11. The van der Waals surface area contributed by atoms with Crippen molar-refractivity contribution in [1.82, 2.24) is 0 Å². The highest BCUT2D eigenvalue weighted by molar-refractivity contribution is 7.47. The van der Waals surface area contributed by atoms with Gasteiger partial charge in [0.25, 0.3) is 0 Å². The highest BCUT2D eigenvalue weighted by atomic mass is 31.2. The number of aliphatic hydroxyl groups is 1. The van der Waals surface area contributed by atoms with E-state index in [4.69, 9.17) is 10.5 Å². The van der Waals surface area contributed by atoms with Gasteiger partial charge in [-0.15, -0.1) is 0 Å². The summed E-state index contributed by atoms with van der Waals surface area (Å²) in [5, 5.41) is 9.67. The van der Waals surface area contributed by atoms with Crippen LogP contribution in [0.4, 0.5) is 0 Å². The number of phosphoric ester groups is 1. The van der Waals surface area contributed by atoms with E-state index in [-0.39, 0.29) is 19.8 Å². The summed E-state index contributed by atoms with van der Waals surface area (Å²) in [5.74, 6) is -0.395. The van der Waals surface area contributed by atoms with Gasteiger partial charge in [0.05, 0.1) is 13.2 Å². The maximum absolute atomic E-state index is 11.7. The van der Waals surface area contributed by atoms with E-state index in [1.807, 2.05) is 0 Å². The van der Waals surface area contributed by atoms with Gasteiger partial charge in [0.1, 0.15) is 12.7 Å². The van der Waals surface area contributed by atoms with Crippen LogP contribution in [0.1, 0.15) is 96.8 Å². The van der Waals surface area contributed by atoms with Crippen molar-refractivity contribution in [2.45, 2.75) is 103 Å². The number of rotatable bonds is 23. The van der Waals surface area contributed by atoms with E-state index in [1.165, 1.54) is 51.4 Å². The van der Waals surface area contributed by atoms with Gasteiger partial charge in [-0.3, -0.25) is 13.8 Å². The quantitative estimate of drug-likeness (QED) is 0.0806. The van der Waals surface area contributed by atoms with Gasteiger partial charge >= 0.3 is 13.8 Å². The molecule has 0 amide bonds. The minimum Gasteiger partial charge on any atom is -0.463 e. The predicted octanol–water partition coefficient (Wildman–Crippen LogP) is 5.02. The Morgan fingerprint density at radius 2 is 1.47 bits per heavy atom. The summed E-state index contributed by atoms with van der Waals surface area (Å²) >= 11 is 0. The molecule has 0 bridgehead atoms. The molecule has 0 aromatic carbocycles. The molecule has 9 heteroatoms. The maximum atomic E-state index is 11.7. The van der Waals surface area contributed by atoms with Crippen molar-refractivity contribution in [2.75, 3.05) is 26.4 Å².